The summed E-state index contributed by atoms with van der Waals surface area (Å²) in [5.41, 5.74) is 3.22. The van der Waals surface area contributed by atoms with E-state index in [1.54, 1.807) is 30.5 Å². The van der Waals surface area contributed by atoms with Gasteiger partial charge in [0.2, 0.25) is 5.91 Å². The summed E-state index contributed by atoms with van der Waals surface area (Å²) in [6.07, 6.45) is 1.68. The van der Waals surface area contributed by atoms with Gasteiger partial charge in [0.15, 0.2) is 0 Å². The fourth-order valence-corrected chi connectivity index (χ4v) is 3.53. The highest BCUT2D eigenvalue weighted by Crippen LogP contribution is 2.25. The van der Waals surface area contributed by atoms with Crippen molar-refractivity contribution in [1.82, 2.24) is 20.2 Å². The normalized spacial score (nSPS) is 12.5. The zero-order chi connectivity index (χ0) is 19.5. The van der Waals surface area contributed by atoms with E-state index in [0.29, 0.717) is 30.0 Å². The van der Waals surface area contributed by atoms with Gasteiger partial charge >= 0.3 is 0 Å². The van der Waals surface area contributed by atoms with Gasteiger partial charge in [0.1, 0.15) is 17.2 Å². The number of carbonyl (C=O) groups is 2. The fourth-order valence-electron chi connectivity index (χ4n) is 2.98. The van der Waals surface area contributed by atoms with E-state index in [1.807, 2.05) is 17.5 Å². The van der Waals surface area contributed by atoms with Crippen molar-refractivity contribution < 1.29 is 9.59 Å². The molecule has 0 fully saturated rings. The Hall–Kier alpha value is -3.57. The smallest absolute Gasteiger partial charge is 0.273 e. The van der Waals surface area contributed by atoms with E-state index in [9.17, 15) is 9.59 Å². The second kappa shape index (κ2) is 7.58. The van der Waals surface area contributed by atoms with Gasteiger partial charge in [-0.2, -0.15) is 5.26 Å². The first-order chi connectivity index (χ1) is 13.6. The summed E-state index contributed by atoms with van der Waals surface area (Å²) >= 11 is 1.47. The van der Waals surface area contributed by atoms with Crippen LogP contribution in [0.15, 0.2) is 48.0 Å². The highest BCUT2D eigenvalue weighted by atomic mass is 32.1. The molecule has 0 aliphatic carbocycles. The van der Waals surface area contributed by atoms with Crippen molar-refractivity contribution in [3.63, 3.8) is 0 Å². The van der Waals surface area contributed by atoms with Gasteiger partial charge in [-0.3, -0.25) is 9.59 Å². The van der Waals surface area contributed by atoms with Crippen LogP contribution >= 0.6 is 11.3 Å². The molecule has 1 aromatic carbocycles. The van der Waals surface area contributed by atoms with Crippen molar-refractivity contribution in [1.29, 1.82) is 5.26 Å². The Kier molecular flexibility index (Phi) is 4.83. The molecular formula is C20H15N5O2S. The Morgan fingerprint density at radius 3 is 2.79 bits per heavy atom. The fraction of sp³-hybridized carbons (Fsp3) is 0.150. The number of fused-ring (bicyclic) bond motifs is 1. The summed E-state index contributed by atoms with van der Waals surface area (Å²) in [6, 6.07) is 12.8. The molecule has 2 aromatic heterocycles. The number of carbonyl (C=O) groups excluding carboxylic acids is 2. The lowest BCUT2D eigenvalue weighted by molar-refractivity contribution is -0.122. The summed E-state index contributed by atoms with van der Waals surface area (Å²) in [5, 5.41) is 14.3. The van der Waals surface area contributed by atoms with Crippen LogP contribution in [0, 0.1) is 11.3 Å². The molecule has 28 heavy (non-hydrogen) atoms. The molecule has 0 saturated heterocycles. The van der Waals surface area contributed by atoms with Crippen LogP contribution in [0.1, 0.15) is 26.6 Å². The maximum atomic E-state index is 12.7. The van der Waals surface area contributed by atoms with Crippen LogP contribution in [0.4, 0.5) is 0 Å². The van der Waals surface area contributed by atoms with Crippen LogP contribution in [0.3, 0.4) is 0 Å². The van der Waals surface area contributed by atoms with Crippen LogP contribution in [0.2, 0.25) is 0 Å². The first-order valence-corrected chi connectivity index (χ1v) is 9.47. The molecule has 0 bridgehead atoms. The topological polar surface area (TPSA) is 99.0 Å². The van der Waals surface area contributed by atoms with Crippen LogP contribution in [0.5, 0.6) is 0 Å². The van der Waals surface area contributed by atoms with Gasteiger partial charge in [-0.25, -0.2) is 9.97 Å². The van der Waals surface area contributed by atoms with Crippen LogP contribution in [0.25, 0.3) is 11.3 Å². The van der Waals surface area contributed by atoms with Crippen molar-refractivity contribution in [2.24, 2.45) is 0 Å². The molecule has 0 saturated carbocycles. The van der Waals surface area contributed by atoms with Gasteiger partial charge in [0.25, 0.3) is 5.91 Å². The Bertz CT molecular complexity index is 1070. The number of aromatic nitrogens is 2. The predicted octanol–water partition coefficient (Wildman–Crippen LogP) is 2.35. The molecule has 7 nitrogen and oxygen atoms in total. The molecule has 1 N–H and O–H groups in total. The zero-order valence-corrected chi connectivity index (χ0v) is 15.6. The van der Waals surface area contributed by atoms with Crippen molar-refractivity contribution in [2.75, 3.05) is 6.54 Å². The van der Waals surface area contributed by atoms with E-state index < -0.39 is 0 Å². The number of nitrogens with zero attached hydrogens (tertiary/aromatic N) is 4. The minimum Gasteiger partial charge on any atom is -0.348 e. The number of hydrogen-bond donors (Lipinski definition) is 1. The molecule has 0 unspecified atom stereocenters. The Morgan fingerprint density at radius 1 is 1.25 bits per heavy atom. The molecule has 2 amide bonds. The number of hydrogen-bond acceptors (Lipinski definition) is 6. The molecule has 0 spiro atoms. The Morgan fingerprint density at radius 2 is 2.07 bits per heavy atom. The van der Waals surface area contributed by atoms with Gasteiger partial charge in [0.05, 0.1) is 23.9 Å². The van der Waals surface area contributed by atoms with Gasteiger partial charge < -0.3 is 10.2 Å². The molecule has 1 aliphatic rings. The second-order valence-electron chi connectivity index (χ2n) is 6.26. The quantitative estimate of drug-likeness (QED) is 0.722. The summed E-state index contributed by atoms with van der Waals surface area (Å²) in [4.78, 5) is 34.9. The summed E-state index contributed by atoms with van der Waals surface area (Å²) in [6.45, 7) is 0.693. The maximum absolute atomic E-state index is 12.7. The SMILES string of the molecule is N#Cc1ccc(-c2ccc3c(n2)C(=O)N(CC(=O)NCc2nccs2)C3)cc1. The third kappa shape index (κ3) is 3.61. The highest BCUT2D eigenvalue weighted by Gasteiger charge is 2.30. The molecule has 8 heteroatoms. The minimum absolute atomic E-state index is 0.0211. The van der Waals surface area contributed by atoms with Gasteiger partial charge in [-0.15, -0.1) is 11.3 Å². The maximum Gasteiger partial charge on any atom is 0.273 e. The van der Waals surface area contributed by atoms with Crippen molar-refractivity contribution >= 4 is 23.2 Å². The summed E-state index contributed by atoms with van der Waals surface area (Å²) in [5.74, 6) is -0.487. The number of pyridine rings is 1. The van der Waals surface area contributed by atoms with Crippen LogP contribution in [-0.4, -0.2) is 33.2 Å². The predicted molar refractivity (Wildman–Crippen MR) is 103 cm³/mol. The first kappa shape index (κ1) is 17.8. The molecule has 3 aromatic rings. The van der Waals surface area contributed by atoms with Gasteiger partial charge in [-0.05, 0) is 18.2 Å². The van der Waals surface area contributed by atoms with E-state index in [4.69, 9.17) is 5.26 Å². The van der Waals surface area contributed by atoms with Crippen molar-refractivity contribution in [2.45, 2.75) is 13.1 Å². The zero-order valence-electron chi connectivity index (χ0n) is 14.8. The monoisotopic (exact) mass is 389 g/mol. The Balaban J connectivity index is 1.44. The van der Waals surface area contributed by atoms with E-state index in [2.05, 4.69) is 21.4 Å². The molecule has 3 heterocycles. The van der Waals surface area contributed by atoms with Crippen LogP contribution < -0.4 is 5.32 Å². The van der Waals surface area contributed by atoms with E-state index in [0.717, 1.165) is 16.1 Å². The molecule has 1 aliphatic heterocycles. The molecule has 138 valence electrons. The van der Waals surface area contributed by atoms with E-state index in [1.165, 1.54) is 16.2 Å². The third-order valence-electron chi connectivity index (χ3n) is 4.39. The Labute approximate surface area is 165 Å². The average Bonchev–Trinajstić information content (AvgIpc) is 3.35. The number of nitriles is 1. The number of amides is 2. The van der Waals surface area contributed by atoms with Gasteiger partial charge in [-0.1, -0.05) is 18.2 Å². The molecule has 0 atom stereocenters. The van der Waals surface area contributed by atoms with Crippen molar-refractivity contribution in [3.8, 4) is 17.3 Å². The lowest BCUT2D eigenvalue weighted by Crippen LogP contribution is -2.37. The largest absolute Gasteiger partial charge is 0.348 e. The van der Waals surface area contributed by atoms with Crippen LogP contribution in [-0.2, 0) is 17.9 Å². The number of nitrogens with one attached hydrogen (secondary N) is 1. The second-order valence-corrected chi connectivity index (χ2v) is 7.24. The summed E-state index contributed by atoms with van der Waals surface area (Å²) < 4.78 is 0. The minimum atomic E-state index is -0.255. The van der Waals surface area contributed by atoms with E-state index >= 15 is 0 Å². The first-order valence-electron chi connectivity index (χ1n) is 8.59. The number of thiazole rings is 1. The molecule has 4 rings (SSSR count). The average molecular weight is 389 g/mol. The van der Waals surface area contributed by atoms with E-state index in [-0.39, 0.29) is 18.4 Å². The standard InChI is InChI=1S/C20H15N5O2S/c21-9-13-1-3-14(4-2-13)16-6-5-15-11-25(20(27)19(15)24-16)12-17(26)23-10-18-22-7-8-28-18/h1-8H,10-12H2,(H,23,26). The lowest BCUT2D eigenvalue weighted by atomic mass is 10.1. The molecular weight excluding hydrogens is 374 g/mol. The molecule has 0 radical (unpaired) electrons. The number of rotatable bonds is 5. The van der Waals surface area contributed by atoms with Gasteiger partial charge in [0, 0.05) is 29.2 Å². The highest BCUT2D eigenvalue weighted by molar-refractivity contribution is 7.09. The lowest BCUT2D eigenvalue weighted by Gasteiger charge is -2.14. The summed E-state index contributed by atoms with van der Waals surface area (Å²) in [7, 11) is 0. The van der Waals surface area contributed by atoms with Crippen molar-refractivity contribution in [3.05, 3.63) is 69.8 Å². The third-order valence-corrected chi connectivity index (χ3v) is 5.17. The number of benzene rings is 1.